The Morgan fingerprint density at radius 1 is 1.73 bits per heavy atom. The number of fused-ring (bicyclic) bond motifs is 1. The molecule has 1 amide bonds. The van der Waals surface area contributed by atoms with Crippen molar-refractivity contribution >= 4 is 5.91 Å². The van der Waals surface area contributed by atoms with Crippen LogP contribution >= 0.6 is 0 Å². The zero-order valence-corrected chi connectivity index (χ0v) is 6.38. The van der Waals surface area contributed by atoms with E-state index in [0.29, 0.717) is 19.8 Å². The molecule has 2 aliphatic heterocycles. The molecule has 2 rings (SSSR count). The Labute approximate surface area is 65.6 Å². The average Bonchev–Trinajstić information content (AvgIpc) is 2.53. The number of carbonyl (C=O) groups is 1. The van der Waals surface area contributed by atoms with Crippen LogP contribution in [0.1, 0.15) is 12.8 Å². The van der Waals surface area contributed by atoms with Crippen molar-refractivity contribution in [3.8, 4) is 0 Å². The van der Waals surface area contributed by atoms with Crippen LogP contribution in [0.4, 0.5) is 0 Å². The molecule has 11 heavy (non-hydrogen) atoms. The van der Waals surface area contributed by atoms with Crippen molar-refractivity contribution < 1.29 is 9.53 Å². The molecule has 0 radical (unpaired) electrons. The fourth-order valence-corrected chi connectivity index (χ4v) is 1.78. The summed E-state index contributed by atoms with van der Waals surface area (Å²) in [6, 6.07) is 0. The van der Waals surface area contributed by atoms with Crippen LogP contribution in [0.3, 0.4) is 0 Å². The maximum Gasteiger partial charge on any atom is 0.225 e. The van der Waals surface area contributed by atoms with Gasteiger partial charge in [0.05, 0.1) is 12.1 Å². The molecular formula is C8H11NO2. The maximum absolute atomic E-state index is 11.2. The SMILES string of the molecule is C=CC12CCC(=O)N1COC2. The van der Waals surface area contributed by atoms with Crippen LogP contribution in [0.2, 0.25) is 0 Å². The van der Waals surface area contributed by atoms with Crippen LogP contribution in [0.25, 0.3) is 0 Å². The monoisotopic (exact) mass is 153 g/mol. The first-order chi connectivity index (χ1) is 5.28. The standard InChI is InChI=1S/C8H11NO2/c1-2-8-4-3-7(10)9(8)6-11-5-8/h2H,1,3-6H2. The summed E-state index contributed by atoms with van der Waals surface area (Å²) < 4.78 is 5.21. The third-order valence-electron chi connectivity index (χ3n) is 2.56. The van der Waals surface area contributed by atoms with Gasteiger partial charge in [0, 0.05) is 6.42 Å². The van der Waals surface area contributed by atoms with Crippen LogP contribution in [0, 0.1) is 0 Å². The van der Waals surface area contributed by atoms with Gasteiger partial charge in [0.15, 0.2) is 0 Å². The summed E-state index contributed by atoms with van der Waals surface area (Å²) in [6.45, 7) is 4.81. The molecule has 0 spiro atoms. The number of hydrogen-bond acceptors (Lipinski definition) is 2. The average molecular weight is 153 g/mol. The lowest BCUT2D eigenvalue weighted by Crippen LogP contribution is -2.40. The van der Waals surface area contributed by atoms with Crippen molar-refractivity contribution in [1.29, 1.82) is 0 Å². The summed E-state index contributed by atoms with van der Waals surface area (Å²) in [6.07, 6.45) is 3.36. The summed E-state index contributed by atoms with van der Waals surface area (Å²) >= 11 is 0. The Kier molecular flexibility index (Phi) is 1.29. The highest BCUT2D eigenvalue weighted by molar-refractivity contribution is 5.80. The molecular weight excluding hydrogens is 142 g/mol. The molecule has 0 N–H and O–H groups in total. The van der Waals surface area contributed by atoms with E-state index in [-0.39, 0.29) is 11.4 Å². The summed E-state index contributed by atoms with van der Waals surface area (Å²) in [5, 5.41) is 0. The van der Waals surface area contributed by atoms with Gasteiger partial charge in [0.2, 0.25) is 5.91 Å². The summed E-state index contributed by atoms with van der Waals surface area (Å²) in [7, 11) is 0. The molecule has 0 aromatic heterocycles. The zero-order chi connectivity index (χ0) is 7.90. The Bertz CT molecular complexity index is 214. The van der Waals surface area contributed by atoms with E-state index < -0.39 is 0 Å². The lowest BCUT2D eigenvalue weighted by Gasteiger charge is -2.24. The summed E-state index contributed by atoms with van der Waals surface area (Å²) in [5.74, 6) is 0.197. The van der Waals surface area contributed by atoms with E-state index >= 15 is 0 Å². The largest absolute Gasteiger partial charge is 0.358 e. The van der Waals surface area contributed by atoms with Crippen LogP contribution in [-0.4, -0.2) is 29.7 Å². The van der Waals surface area contributed by atoms with E-state index in [1.165, 1.54) is 0 Å². The second-order valence-electron chi connectivity index (χ2n) is 3.11. The van der Waals surface area contributed by atoms with Gasteiger partial charge < -0.3 is 9.64 Å². The molecule has 0 aromatic rings. The number of ether oxygens (including phenoxy) is 1. The van der Waals surface area contributed by atoms with E-state index in [4.69, 9.17) is 4.74 Å². The number of rotatable bonds is 1. The van der Waals surface area contributed by atoms with Gasteiger partial charge in [-0.05, 0) is 6.42 Å². The van der Waals surface area contributed by atoms with E-state index in [2.05, 4.69) is 6.58 Å². The van der Waals surface area contributed by atoms with Gasteiger partial charge in [-0.25, -0.2) is 0 Å². The molecule has 3 heteroatoms. The molecule has 1 atom stereocenters. The quantitative estimate of drug-likeness (QED) is 0.514. The highest BCUT2D eigenvalue weighted by atomic mass is 16.5. The van der Waals surface area contributed by atoms with Crippen molar-refractivity contribution in [1.82, 2.24) is 4.90 Å². The second kappa shape index (κ2) is 2.08. The third-order valence-corrected chi connectivity index (χ3v) is 2.56. The first-order valence-corrected chi connectivity index (χ1v) is 3.80. The molecule has 60 valence electrons. The van der Waals surface area contributed by atoms with Gasteiger partial charge in [-0.15, -0.1) is 6.58 Å². The molecule has 0 aromatic carbocycles. The number of nitrogens with zero attached hydrogens (tertiary/aromatic N) is 1. The lowest BCUT2D eigenvalue weighted by atomic mass is 9.99. The fourth-order valence-electron chi connectivity index (χ4n) is 1.78. The minimum Gasteiger partial charge on any atom is -0.358 e. The lowest BCUT2D eigenvalue weighted by molar-refractivity contribution is -0.130. The zero-order valence-electron chi connectivity index (χ0n) is 6.38. The Hall–Kier alpha value is -0.830. The molecule has 1 unspecified atom stereocenters. The van der Waals surface area contributed by atoms with Gasteiger partial charge in [-0.2, -0.15) is 0 Å². The predicted octanol–water partition coefficient (Wildman–Crippen LogP) is 0.521. The molecule has 2 heterocycles. The van der Waals surface area contributed by atoms with Crippen LogP contribution < -0.4 is 0 Å². The van der Waals surface area contributed by atoms with Crippen molar-refractivity contribution in [3.63, 3.8) is 0 Å². The molecule has 2 fully saturated rings. The van der Waals surface area contributed by atoms with Crippen molar-refractivity contribution in [2.45, 2.75) is 18.4 Å². The number of hydrogen-bond donors (Lipinski definition) is 0. The van der Waals surface area contributed by atoms with E-state index in [0.717, 1.165) is 6.42 Å². The van der Waals surface area contributed by atoms with Gasteiger partial charge in [-0.1, -0.05) is 6.08 Å². The fraction of sp³-hybridized carbons (Fsp3) is 0.625. The Morgan fingerprint density at radius 3 is 3.18 bits per heavy atom. The van der Waals surface area contributed by atoms with E-state index in [1.807, 2.05) is 6.08 Å². The van der Waals surface area contributed by atoms with Crippen molar-refractivity contribution in [2.75, 3.05) is 13.3 Å². The smallest absolute Gasteiger partial charge is 0.225 e. The van der Waals surface area contributed by atoms with Gasteiger partial charge in [-0.3, -0.25) is 4.79 Å². The van der Waals surface area contributed by atoms with Crippen LogP contribution in [0.5, 0.6) is 0 Å². The van der Waals surface area contributed by atoms with E-state index in [9.17, 15) is 4.79 Å². The number of amides is 1. The highest BCUT2D eigenvalue weighted by Crippen LogP contribution is 2.35. The predicted molar refractivity (Wildman–Crippen MR) is 39.8 cm³/mol. The topological polar surface area (TPSA) is 29.5 Å². The molecule has 2 saturated heterocycles. The van der Waals surface area contributed by atoms with Crippen LogP contribution in [-0.2, 0) is 9.53 Å². The van der Waals surface area contributed by atoms with Gasteiger partial charge >= 0.3 is 0 Å². The molecule has 2 aliphatic rings. The minimum atomic E-state index is -0.156. The minimum absolute atomic E-state index is 0.156. The van der Waals surface area contributed by atoms with Crippen molar-refractivity contribution in [3.05, 3.63) is 12.7 Å². The summed E-state index contributed by atoms with van der Waals surface area (Å²) in [5.41, 5.74) is -0.156. The molecule has 0 bridgehead atoms. The van der Waals surface area contributed by atoms with Gasteiger partial charge in [0.25, 0.3) is 0 Å². The Morgan fingerprint density at radius 2 is 2.55 bits per heavy atom. The first-order valence-electron chi connectivity index (χ1n) is 3.80. The molecule has 3 nitrogen and oxygen atoms in total. The molecule has 0 saturated carbocycles. The van der Waals surface area contributed by atoms with Crippen LogP contribution in [0.15, 0.2) is 12.7 Å². The number of carbonyl (C=O) groups excluding carboxylic acids is 1. The first kappa shape index (κ1) is 6.85. The highest BCUT2D eigenvalue weighted by Gasteiger charge is 2.47. The maximum atomic E-state index is 11.2. The van der Waals surface area contributed by atoms with Gasteiger partial charge in [0.1, 0.15) is 6.73 Å². The van der Waals surface area contributed by atoms with E-state index in [1.54, 1.807) is 4.90 Å². The third kappa shape index (κ3) is 0.744. The van der Waals surface area contributed by atoms with Crippen molar-refractivity contribution in [2.24, 2.45) is 0 Å². The Balaban J connectivity index is 2.32. The molecule has 0 aliphatic carbocycles. The normalized spacial score (nSPS) is 36.0. The second-order valence-corrected chi connectivity index (χ2v) is 3.11. The summed E-state index contributed by atoms with van der Waals surface area (Å²) in [4.78, 5) is 13.0.